The quantitative estimate of drug-likeness (QED) is 0.460. The van der Waals surface area contributed by atoms with E-state index in [1.165, 1.54) is 5.56 Å². The summed E-state index contributed by atoms with van der Waals surface area (Å²) in [5.74, 6) is 0.732. The zero-order valence-electron chi connectivity index (χ0n) is 13.2. The Morgan fingerprint density at radius 3 is 2.55 bits per heavy atom. The van der Waals surface area contributed by atoms with E-state index in [1.54, 1.807) is 11.3 Å². The van der Waals surface area contributed by atoms with Crippen LogP contribution in [0.1, 0.15) is 31.4 Å². The molecule has 2 aromatic rings. The molecule has 1 heterocycles. The summed E-state index contributed by atoms with van der Waals surface area (Å²) in [6.45, 7) is 3.26. The maximum absolute atomic E-state index is 6.28. The smallest absolute Gasteiger partial charge is 0.174 e. The SMILES string of the molecule is CC(C(Oc1cccs1)c1ccccc1)N(C)CCCCCl. The summed E-state index contributed by atoms with van der Waals surface area (Å²) in [5.41, 5.74) is 1.22. The van der Waals surface area contributed by atoms with Gasteiger partial charge in [0.25, 0.3) is 0 Å². The van der Waals surface area contributed by atoms with Gasteiger partial charge >= 0.3 is 0 Å². The average Bonchev–Trinajstić information content (AvgIpc) is 3.06. The van der Waals surface area contributed by atoms with Crippen LogP contribution >= 0.6 is 22.9 Å². The van der Waals surface area contributed by atoms with E-state index in [4.69, 9.17) is 16.3 Å². The largest absolute Gasteiger partial charge is 0.475 e. The number of benzene rings is 1. The van der Waals surface area contributed by atoms with Gasteiger partial charge in [-0.1, -0.05) is 30.3 Å². The van der Waals surface area contributed by atoms with E-state index >= 15 is 0 Å². The van der Waals surface area contributed by atoms with Gasteiger partial charge in [0.05, 0.1) is 0 Å². The summed E-state index contributed by atoms with van der Waals surface area (Å²) < 4.78 is 6.28. The van der Waals surface area contributed by atoms with Crippen molar-refractivity contribution in [2.24, 2.45) is 0 Å². The second kappa shape index (κ2) is 9.19. The third-order valence-corrected chi connectivity index (χ3v) is 4.92. The first-order chi connectivity index (χ1) is 10.7. The van der Waals surface area contributed by atoms with E-state index in [0.717, 1.165) is 30.3 Å². The average molecular weight is 338 g/mol. The van der Waals surface area contributed by atoms with Gasteiger partial charge in [0.15, 0.2) is 5.06 Å². The first kappa shape index (κ1) is 17.3. The van der Waals surface area contributed by atoms with Crippen molar-refractivity contribution in [3.05, 3.63) is 53.4 Å². The molecule has 2 rings (SSSR count). The first-order valence-corrected chi connectivity index (χ1v) is 9.15. The molecule has 0 saturated carbocycles. The standard InChI is InChI=1S/C18H24ClNOS/c1-15(20(2)13-7-6-12-19)18(16-9-4-3-5-10-16)21-17-11-8-14-22-17/h3-5,8-11,14-15,18H,6-7,12-13H2,1-2H3. The number of hydrogen-bond donors (Lipinski definition) is 0. The van der Waals surface area contributed by atoms with Crippen LogP contribution in [0.25, 0.3) is 0 Å². The number of ether oxygens (including phenoxy) is 1. The lowest BCUT2D eigenvalue weighted by Gasteiger charge is -2.32. The van der Waals surface area contributed by atoms with Crippen LogP contribution in [0, 0.1) is 0 Å². The summed E-state index contributed by atoms with van der Waals surface area (Å²) in [5, 5.41) is 3.02. The fourth-order valence-electron chi connectivity index (χ4n) is 2.43. The molecule has 22 heavy (non-hydrogen) atoms. The maximum Gasteiger partial charge on any atom is 0.174 e. The minimum Gasteiger partial charge on any atom is -0.475 e. The predicted octanol–water partition coefficient (Wildman–Crippen LogP) is 5.21. The molecule has 0 saturated heterocycles. The molecule has 0 aliphatic rings. The first-order valence-electron chi connectivity index (χ1n) is 7.73. The Morgan fingerprint density at radius 1 is 1.14 bits per heavy atom. The highest BCUT2D eigenvalue weighted by atomic mass is 35.5. The number of alkyl halides is 1. The van der Waals surface area contributed by atoms with Gasteiger partial charge in [-0.15, -0.1) is 22.9 Å². The fraction of sp³-hybridized carbons (Fsp3) is 0.444. The highest BCUT2D eigenvalue weighted by Crippen LogP contribution is 2.30. The molecular weight excluding hydrogens is 314 g/mol. The molecule has 0 bridgehead atoms. The van der Waals surface area contributed by atoms with Crippen molar-refractivity contribution in [3.63, 3.8) is 0 Å². The Hall–Kier alpha value is -1.03. The second-order valence-electron chi connectivity index (χ2n) is 5.50. The summed E-state index contributed by atoms with van der Waals surface area (Å²) in [7, 11) is 2.16. The molecule has 4 heteroatoms. The number of hydrogen-bond acceptors (Lipinski definition) is 3. The van der Waals surface area contributed by atoms with Gasteiger partial charge in [-0.2, -0.15) is 0 Å². The minimum absolute atomic E-state index is 0.0286. The van der Waals surface area contributed by atoms with Gasteiger partial charge in [0.2, 0.25) is 0 Å². The van der Waals surface area contributed by atoms with Crippen molar-refractivity contribution < 1.29 is 4.74 Å². The highest BCUT2D eigenvalue weighted by Gasteiger charge is 2.24. The molecule has 0 fully saturated rings. The van der Waals surface area contributed by atoms with E-state index in [9.17, 15) is 0 Å². The highest BCUT2D eigenvalue weighted by molar-refractivity contribution is 7.11. The minimum atomic E-state index is 0.0286. The zero-order valence-corrected chi connectivity index (χ0v) is 14.8. The van der Waals surface area contributed by atoms with E-state index in [0.29, 0.717) is 6.04 Å². The lowest BCUT2D eigenvalue weighted by atomic mass is 10.0. The molecule has 1 aromatic carbocycles. The third kappa shape index (κ3) is 5.01. The number of nitrogens with zero attached hydrogens (tertiary/aromatic N) is 1. The van der Waals surface area contributed by atoms with Crippen LogP contribution in [0.4, 0.5) is 0 Å². The Kier molecular flexibility index (Phi) is 7.23. The molecule has 0 spiro atoms. The molecule has 0 radical (unpaired) electrons. The summed E-state index contributed by atoms with van der Waals surface area (Å²) in [6, 6.07) is 14.8. The molecule has 0 amide bonds. The van der Waals surface area contributed by atoms with Gasteiger partial charge in [-0.05, 0) is 56.4 Å². The molecule has 2 nitrogen and oxygen atoms in total. The number of rotatable bonds is 9. The maximum atomic E-state index is 6.28. The van der Waals surface area contributed by atoms with Crippen LogP contribution in [0.2, 0.25) is 0 Å². The van der Waals surface area contributed by atoms with Crippen molar-refractivity contribution in [2.45, 2.75) is 31.9 Å². The van der Waals surface area contributed by atoms with Crippen LogP contribution in [0.3, 0.4) is 0 Å². The number of halogens is 1. The normalized spacial score (nSPS) is 14.0. The monoisotopic (exact) mass is 337 g/mol. The van der Waals surface area contributed by atoms with Crippen LogP contribution in [0.15, 0.2) is 47.8 Å². The zero-order chi connectivity index (χ0) is 15.8. The summed E-state index contributed by atoms with van der Waals surface area (Å²) >= 11 is 7.41. The topological polar surface area (TPSA) is 12.5 Å². The Balaban J connectivity index is 2.09. The number of likely N-dealkylation sites (N-methyl/N-ethyl adjacent to an activating group) is 1. The van der Waals surface area contributed by atoms with Gasteiger partial charge in [-0.3, -0.25) is 4.90 Å². The van der Waals surface area contributed by atoms with Crippen LogP contribution in [0.5, 0.6) is 5.06 Å². The van der Waals surface area contributed by atoms with Crippen LogP contribution in [-0.4, -0.2) is 30.4 Å². The second-order valence-corrected chi connectivity index (χ2v) is 6.79. The van der Waals surface area contributed by atoms with Crippen molar-refractivity contribution in [2.75, 3.05) is 19.5 Å². The number of thiophene rings is 1. The molecule has 0 N–H and O–H groups in total. The van der Waals surface area contributed by atoms with E-state index < -0.39 is 0 Å². The van der Waals surface area contributed by atoms with Crippen molar-refractivity contribution >= 4 is 22.9 Å². The lowest BCUT2D eigenvalue weighted by molar-refractivity contribution is 0.0946. The molecular formula is C18H24ClNOS. The van der Waals surface area contributed by atoms with E-state index in [1.807, 2.05) is 23.6 Å². The lowest BCUT2D eigenvalue weighted by Crippen LogP contribution is -2.37. The van der Waals surface area contributed by atoms with Crippen LogP contribution < -0.4 is 4.74 Å². The molecule has 0 aliphatic heterocycles. The predicted molar refractivity (Wildman–Crippen MR) is 96.2 cm³/mol. The molecule has 2 unspecified atom stereocenters. The molecule has 0 aliphatic carbocycles. The van der Waals surface area contributed by atoms with E-state index in [2.05, 4.69) is 43.1 Å². The Bertz CT molecular complexity index is 517. The molecule has 2 atom stereocenters. The van der Waals surface area contributed by atoms with Gasteiger partial charge in [0, 0.05) is 11.9 Å². The number of unbranched alkanes of at least 4 members (excludes halogenated alkanes) is 1. The van der Waals surface area contributed by atoms with Gasteiger partial charge in [0.1, 0.15) is 6.10 Å². The Morgan fingerprint density at radius 2 is 1.91 bits per heavy atom. The molecule has 1 aromatic heterocycles. The third-order valence-electron chi connectivity index (χ3n) is 3.89. The fourth-order valence-corrected chi connectivity index (χ4v) is 3.23. The van der Waals surface area contributed by atoms with Crippen molar-refractivity contribution in [3.8, 4) is 5.06 Å². The van der Waals surface area contributed by atoms with Crippen LogP contribution in [-0.2, 0) is 0 Å². The van der Waals surface area contributed by atoms with Crippen molar-refractivity contribution in [1.82, 2.24) is 4.90 Å². The van der Waals surface area contributed by atoms with Gasteiger partial charge < -0.3 is 4.74 Å². The Labute approximate surface area is 142 Å². The van der Waals surface area contributed by atoms with E-state index in [-0.39, 0.29) is 6.10 Å². The summed E-state index contributed by atoms with van der Waals surface area (Å²) in [4.78, 5) is 2.36. The molecule has 120 valence electrons. The van der Waals surface area contributed by atoms with Crippen molar-refractivity contribution in [1.29, 1.82) is 0 Å². The van der Waals surface area contributed by atoms with Gasteiger partial charge in [-0.25, -0.2) is 0 Å². The summed E-state index contributed by atoms with van der Waals surface area (Å²) in [6.07, 6.45) is 2.20.